The quantitative estimate of drug-likeness (QED) is 0.503. The molecule has 0 saturated heterocycles. The van der Waals surface area contributed by atoms with Crippen molar-refractivity contribution in [2.24, 2.45) is 0 Å². The lowest BCUT2D eigenvalue weighted by molar-refractivity contribution is -0.206. The second kappa shape index (κ2) is 8.67. The lowest BCUT2D eigenvalue weighted by Crippen LogP contribution is -2.20. The molecule has 3 rings (SSSR count). The third-order valence-corrected chi connectivity index (χ3v) is 4.26. The van der Waals surface area contributed by atoms with Crippen molar-refractivity contribution < 1.29 is 18.3 Å². The lowest BCUT2D eigenvalue weighted by Gasteiger charge is -2.15. The Balaban J connectivity index is 0.00000300. The van der Waals surface area contributed by atoms with E-state index in [-0.39, 0.29) is 18.9 Å². The van der Waals surface area contributed by atoms with Crippen LogP contribution in [0.15, 0.2) is 48.5 Å². The molecular formula is C20H20ClF3N4O. The number of aliphatic hydroxyl groups excluding tert-OH is 1. The molecule has 1 unspecified atom stereocenters. The first-order valence-corrected chi connectivity index (χ1v) is 8.54. The van der Waals surface area contributed by atoms with Gasteiger partial charge in [-0.05, 0) is 42.3 Å². The molecule has 2 aromatic carbocycles. The van der Waals surface area contributed by atoms with Gasteiger partial charge in [-0.2, -0.15) is 18.2 Å². The van der Waals surface area contributed by atoms with E-state index >= 15 is 0 Å². The van der Waals surface area contributed by atoms with E-state index in [4.69, 9.17) is 17.3 Å². The Bertz CT molecular complexity index is 994. The highest BCUT2D eigenvalue weighted by molar-refractivity contribution is 6.30. The third-order valence-electron chi connectivity index (χ3n) is 4.03. The van der Waals surface area contributed by atoms with E-state index in [2.05, 4.69) is 15.3 Å². The zero-order chi connectivity index (χ0) is 20.5. The summed E-state index contributed by atoms with van der Waals surface area (Å²) in [7, 11) is 0. The van der Waals surface area contributed by atoms with E-state index in [1.165, 1.54) is 24.3 Å². The van der Waals surface area contributed by atoms with Gasteiger partial charge in [0.1, 0.15) is 5.82 Å². The van der Waals surface area contributed by atoms with E-state index in [1.54, 1.807) is 18.2 Å². The van der Waals surface area contributed by atoms with Gasteiger partial charge in [0.05, 0.1) is 5.69 Å². The molecule has 4 N–H and O–H groups in total. The van der Waals surface area contributed by atoms with Gasteiger partial charge < -0.3 is 16.2 Å². The van der Waals surface area contributed by atoms with E-state index in [0.29, 0.717) is 22.2 Å². The fourth-order valence-corrected chi connectivity index (χ4v) is 2.80. The number of hydrogen-bond acceptors (Lipinski definition) is 5. The minimum atomic E-state index is -4.72. The van der Waals surface area contributed by atoms with Crippen molar-refractivity contribution in [2.75, 3.05) is 11.1 Å². The molecule has 0 saturated carbocycles. The molecule has 1 atom stereocenters. The maximum absolute atomic E-state index is 12.6. The maximum atomic E-state index is 12.6. The first kappa shape index (κ1) is 22.4. The van der Waals surface area contributed by atoms with Gasteiger partial charge >= 0.3 is 6.18 Å². The van der Waals surface area contributed by atoms with Gasteiger partial charge in [0.2, 0.25) is 5.95 Å². The number of alkyl halides is 3. The molecule has 0 fully saturated rings. The second-order valence-electron chi connectivity index (χ2n) is 6.15. The molecule has 0 spiro atoms. The first-order valence-electron chi connectivity index (χ1n) is 8.16. The average molecular weight is 425 g/mol. The molecule has 5 nitrogen and oxygen atoms in total. The highest BCUT2D eigenvalue weighted by Crippen LogP contribution is 2.33. The Morgan fingerprint density at radius 3 is 2.34 bits per heavy atom. The van der Waals surface area contributed by atoms with Crippen molar-refractivity contribution >= 4 is 29.1 Å². The van der Waals surface area contributed by atoms with Gasteiger partial charge in [-0.1, -0.05) is 37.2 Å². The lowest BCUT2D eigenvalue weighted by atomic mass is 10.1. The number of nitrogen functional groups attached to an aromatic ring is 1. The van der Waals surface area contributed by atoms with Gasteiger partial charge in [0.25, 0.3) is 0 Å². The molecule has 0 aliphatic heterocycles. The van der Waals surface area contributed by atoms with Crippen LogP contribution in [0, 0.1) is 6.92 Å². The summed E-state index contributed by atoms with van der Waals surface area (Å²) in [6.45, 7) is 1.90. The van der Waals surface area contributed by atoms with Crippen LogP contribution in [0.2, 0.25) is 5.02 Å². The molecule has 0 amide bonds. The third kappa shape index (κ3) is 5.36. The SMILES string of the molecule is C.Cc1ccc(Cl)cc1-c1cc(Nc2ccc(C(O)C(F)(F)F)cc2)nc(N)n1. The van der Waals surface area contributed by atoms with Crippen LogP contribution in [0.25, 0.3) is 11.3 Å². The number of hydrogen-bond donors (Lipinski definition) is 3. The van der Waals surface area contributed by atoms with E-state index in [0.717, 1.165) is 11.1 Å². The zero-order valence-electron chi connectivity index (χ0n) is 14.6. The van der Waals surface area contributed by atoms with Crippen molar-refractivity contribution in [3.05, 3.63) is 64.7 Å². The topological polar surface area (TPSA) is 84.1 Å². The molecule has 1 aromatic heterocycles. The average Bonchev–Trinajstić information content (AvgIpc) is 2.62. The fraction of sp³-hybridized carbons (Fsp3) is 0.200. The number of aliphatic hydroxyl groups is 1. The van der Waals surface area contributed by atoms with Gasteiger partial charge in [0.15, 0.2) is 6.10 Å². The van der Waals surface area contributed by atoms with Crippen LogP contribution < -0.4 is 11.1 Å². The summed E-state index contributed by atoms with van der Waals surface area (Å²) >= 11 is 6.06. The van der Waals surface area contributed by atoms with Crippen LogP contribution in [0.4, 0.5) is 30.6 Å². The predicted octanol–water partition coefficient (Wildman–Crippen LogP) is 5.66. The fourth-order valence-electron chi connectivity index (χ4n) is 2.62. The van der Waals surface area contributed by atoms with Crippen LogP contribution >= 0.6 is 11.6 Å². The van der Waals surface area contributed by atoms with Crippen molar-refractivity contribution in [2.45, 2.75) is 26.6 Å². The van der Waals surface area contributed by atoms with Gasteiger partial charge in [-0.15, -0.1) is 0 Å². The number of nitrogens with two attached hydrogens (primary N) is 1. The number of aryl methyl sites for hydroxylation is 1. The maximum Gasteiger partial charge on any atom is 0.418 e. The number of nitrogens with one attached hydrogen (secondary N) is 1. The summed E-state index contributed by atoms with van der Waals surface area (Å²) in [5, 5.41) is 12.8. The number of benzene rings is 2. The summed E-state index contributed by atoms with van der Waals surface area (Å²) in [6.07, 6.45) is -7.26. The van der Waals surface area contributed by atoms with Crippen molar-refractivity contribution in [3.8, 4) is 11.3 Å². The second-order valence-corrected chi connectivity index (χ2v) is 6.58. The Labute approximate surface area is 171 Å². The van der Waals surface area contributed by atoms with E-state index < -0.39 is 12.3 Å². The summed E-state index contributed by atoms with van der Waals surface area (Å²) in [5.41, 5.74) is 8.30. The first-order chi connectivity index (χ1) is 13.1. The number of halogens is 4. The Morgan fingerprint density at radius 1 is 1.07 bits per heavy atom. The molecule has 1 heterocycles. The standard InChI is InChI=1S/C19H16ClF3N4O.CH4/c1-10-2-5-12(20)8-14(10)15-9-16(27-18(24)26-15)25-13-6-3-11(4-7-13)17(28)19(21,22)23;/h2-9,17,28H,1H3,(H3,24,25,26,27);1H4. The number of aromatic nitrogens is 2. The molecule has 0 bridgehead atoms. The molecule has 0 aliphatic rings. The van der Waals surface area contributed by atoms with E-state index in [9.17, 15) is 18.3 Å². The summed E-state index contributed by atoms with van der Waals surface area (Å²) in [4.78, 5) is 8.32. The molecular weight excluding hydrogens is 405 g/mol. The molecule has 3 aromatic rings. The molecule has 154 valence electrons. The minimum absolute atomic E-state index is 0. The minimum Gasteiger partial charge on any atom is -0.379 e. The Hall–Kier alpha value is -2.84. The monoisotopic (exact) mass is 424 g/mol. The normalized spacial score (nSPS) is 12.2. The Kier molecular flexibility index (Phi) is 6.71. The highest BCUT2D eigenvalue weighted by Gasteiger charge is 2.39. The Morgan fingerprint density at radius 2 is 1.72 bits per heavy atom. The number of rotatable bonds is 4. The van der Waals surface area contributed by atoms with Crippen LogP contribution in [-0.2, 0) is 0 Å². The molecule has 29 heavy (non-hydrogen) atoms. The predicted molar refractivity (Wildman–Crippen MR) is 109 cm³/mol. The van der Waals surface area contributed by atoms with Crippen molar-refractivity contribution in [1.29, 1.82) is 0 Å². The zero-order valence-corrected chi connectivity index (χ0v) is 15.4. The number of nitrogens with zero attached hydrogens (tertiary/aromatic N) is 2. The largest absolute Gasteiger partial charge is 0.418 e. The van der Waals surface area contributed by atoms with Crippen LogP contribution in [0.5, 0.6) is 0 Å². The van der Waals surface area contributed by atoms with E-state index in [1.807, 2.05) is 13.0 Å². The summed E-state index contributed by atoms with van der Waals surface area (Å²) in [6, 6.07) is 12.2. The van der Waals surface area contributed by atoms with Gasteiger partial charge in [-0.3, -0.25) is 0 Å². The van der Waals surface area contributed by atoms with Gasteiger partial charge in [-0.25, -0.2) is 4.98 Å². The highest BCUT2D eigenvalue weighted by atomic mass is 35.5. The van der Waals surface area contributed by atoms with Crippen LogP contribution in [0.3, 0.4) is 0 Å². The van der Waals surface area contributed by atoms with Crippen molar-refractivity contribution in [1.82, 2.24) is 9.97 Å². The molecule has 9 heteroatoms. The summed E-state index contributed by atoms with van der Waals surface area (Å²) in [5.74, 6) is 0.398. The van der Waals surface area contributed by atoms with Crippen LogP contribution in [-0.4, -0.2) is 21.3 Å². The number of anilines is 3. The van der Waals surface area contributed by atoms with Crippen molar-refractivity contribution in [3.63, 3.8) is 0 Å². The smallest absolute Gasteiger partial charge is 0.379 e. The van der Waals surface area contributed by atoms with Crippen LogP contribution in [0.1, 0.15) is 24.7 Å². The molecule has 0 aliphatic carbocycles. The summed E-state index contributed by atoms with van der Waals surface area (Å²) < 4.78 is 37.8. The molecule has 0 radical (unpaired) electrons. The van der Waals surface area contributed by atoms with Gasteiger partial charge in [0, 0.05) is 22.3 Å².